The zero-order valence-electron chi connectivity index (χ0n) is 60.6. The Hall–Kier alpha value is -7.10. The SMILES string of the molecule is CC[C@H](C)[C@@H]1NC(=O)[C@H](CC(C)C)N(C)C(=O)C[C@@H](C(=O)N2CCOCC2)N(C)C(=O)[C@H](C2CCCC2)N(C)C(=O)C2(CCCC2)NC(=O)[C@@H]2CCCN2C(=O)[C@H](CCc2ccc(C(F)(F)F)c(Cl)c2)NC(=O)CN(C)C(=O)[C@H](CC2CCCCC2)N(C)C(=O)[C@@H]2CCN2C(=O)[C@H](C)NC1=O. The molecule has 8 rings (SSSR count). The monoisotopic (exact) mass is 1440 g/mol. The van der Waals surface area contributed by atoms with Gasteiger partial charge in [-0.15, -0.1) is 0 Å². The van der Waals surface area contributed by atoms with Crippen LogP contribution in [0.15, 0.2) is 18.2 Å². The Kier molecular flexibility index (Phi) is 27.5. The van der Waals surface area contributed by atoms with Gasteiger partial charge in [-0.05, 0) is 119 Å². The van der Waals surface area contributed by atoms with Gasteiger partial charge in [0.05, 0.1) is 36.8 Å². The number of fused-ring (bicyclic) bond motifs is 2. The highest BCUT2D eigenvalue weighted by Crippen LogP contribution is 2.39. The van der Waals surface area contributed by atoms with Gasteiger partial charge in [0.1, 0.15) is 59.9 Å². The number of rotatable bonds is 11. The largest absolute Gasteiger partial charge is 0.417 e. The van der Waals surface area contributed by atoms with Crippen molar-refractivity contribution in [2.45, 2.75) is 242 Å². The van der Waals surface area contributed by atoms with Crippen LogP contribution in [0.3, 0.4) is 0 Å². The van der Waals surface area contributed by atoms with Crippen LogP contribution in [0.2, 0.25) is 5.02 Å². The van der Waals surface area contributed by atoms with Crippen LogP contribution in [0.25, 0.3) is 0 Å². The quantitative estimate of drug-likeness (QED) is 0.226. The third-order valence-corrected chi connectivity index (χ3v) is 22.8. The first-order valence-corrected chi connectivity index (χ1v) is 37.0. The number of hydrogen-bond donors (Lipinski definition) is 4. The van der Waals surface area contributed by atoms with Crippen molar-refractivity contribution in [3.8, 4) is 0 Å². The molecule has 7 fully saturated rings. The summed E-state index contributed by atoms with van der Waals surface area (Å²) in [5.41, 5.74) is -2.35. The molecule has 1 aromatic carbocycles. The van der Waals surface area contributed by atoms with E-state index in [-0.39, 0.29) is 103 Å². The van der Waals surface area contributed by atoms with E-state index in [1.165, 1.54) is 82.5 Å². The molecular weight excluding hydrogens is 1330 g/mol. The first-order valence-electron chi connectivity index (χ1n) is 36.6. The fraction of sp³-hybridized carbons (Fsp3) is 0.750. The van der Waals surface area contributed by atoms with Gasteiger partial charge >= 0.3 is 6.18 Å². The van der Waals surface area contributed by atoms with E-state index in [4.69, 9.17) is 16.3 Å². The maximum Gasteiger partial charge on any atom is 0.417 e. The van der Waals surface area contributed by atoms with Gasteiger partial charge in [-0.1, -0.05) is 110 Å². The van der Waals surface area contributed by atoms with Crippen molar-refractivity contribution in [1.82, 2.24) is 60.5 Å². The van der Waals surface area contributed by atoms with Crippen molar-refractivity contribution in [3.05, 3.63) is 34.3 Å². The lowest BCUT2D eigenvalue weighted by Crippen LogP contribution is -2.65. The summed E-state index contributed by atoms with van der Waals surface area (Å²) in [4.78, 5) is 190. The number of halogens is 4. The van der Waals surface area contributed by atoms with Crippen molar-refractivity contribution >= 4 is 82.5 Å². The summed E-state index contributed by atoms with van der Waals surface area (Å²) in [6, 6.07) is -7.90. The Labute approximate surface area is 597 Å². The highest BCUT2D eigenvalue weighted by Gasteiger charge is 2.52. The average Bonchev–Trinajstić information content (AvgIpc) is 1.70. The minimum Gasteiger partial charge on any atom is -0.378 e. The Morgan fingerprint density at radius 1 is 0.663 bits per heavy atom. The van der Waals surface area contributed by atoms with Crippen LogP contribution < -0.4 is 21.3 Å². The first kappa shape index (κ1) is 79.6. The molecule has 0 unspecified atom stereocenters. The van der Waals surface area contributed by atoms with Gasteiger partial charge in [-0.3, -0.25) is 57.5 Å². The van der Waals surface area contributed by atoms with Crippen molar-refractivity contribution < 1.29 is 75.4 Å². The molecule has 3 aliphatic carbocycles. The third kappa shape index (κ3) is 19.0. The van der Waals surface area contributed by atoms with Gasteiger partial charge < -0.3 is 65.2 Å². The summed E-state index contributed by atoms with van der Waals surface area (Å²) in [6.45, 7) is 9.02. The Bertz CT molecular complexity index is 3190. The fourth-order valence-corrected chi connectivity index (χ4v) is 16.4. The molecule has 29 heteroatoms. The van der Waals surface area contributed by atoms with Crippen LogP contribution in [0.1, 0.15) is 181 Å². The molecule has 12 amide bonds. The molecule has 101 heavy (non-hydrogen) atoms. The molecule has 4 heterocycles. The van der Waals surface area contributed by atoms with Crippen LogP contribution >= 0.6 is 11.6 Å². The van der Waals surface area contributed by atoms with E-state index in [9.17, 15) is 41.9 Å². The highest BCUT2D eigenvalue weighted by atomic mass is 35.5. The van der Waals surface area contributed by atoms with Crippen molar-refractivity contribution in [3.63, 3.8) is 0 Å². The Morgan fingerprint density at radius 2 is 1.31 bits per heavy atom. The van der Waals surface area contributed by atoms with E-state index in [1.54, 1.807) is 6.92 Å². The third-order valence-electron chi connectivity index (χ3n) is 22.5. The number of morpholine rings is 1. The van der Waals surface area contributed by atoms with Gasteiger partial charge in [0.2, 0.25) is 70.9 Å². The normalized spacial score (nSPS) is 28.5. The second-order valence-electron chi connectivity index (χ2n) is 29.9. The molecule has 25 nitrogen and oxygen atoms in total. The highest BCUT2D eigenvalue weighted by molar-refractivity contribution is 6.31. The summed E-state index contributed by atoms with van der Waals surface area (Å²) in [5.74, 6) is -8.86. The van der Waals surface area contributed by atoms with Crippen LogP contribution in [0.5, 0.6) is 0 Å². The molecule has 0 aromatic heterocycles. The number of nitrogens with one attached hydrogen (secondary N) is 4. The molecule has 1 aromatic rings. The van der Waals surface area contributed by atoms with Gasteiger partial charge in [0, 0.05) is 61.4 Å². The first-order chi connectivity index (χ1) is 47.8. The van der Waals surface area contributed by atoms with Gasteiger partial charge in [-0.2, -0.15) is 13.2 Å². The zero-order valence-corrected chi connectivity index (χ0v) is 61.4. The molecule has 7 aliphatic rings. The minimum atomic E-state index is -4.76. The number of nitrogens with zero attached hydrogens (tertiary/aromatic N) is 8. The number of amides is 12. The minimum absolute atomic E-state index is 0.0217. The van der Waals surface area contributed by atoms with Crippen LogP contribution in [-0.2, 0) is 74.9 Å². The van der Waals surface area contributed by atoms with E-state index in [0.717, 1.165) is 62.0 Å². The number of alkyl halides is 3. The predicted molar refractivity (Wildman–Crippen MR) is 368 cm³/mol. The number of carbonyl (C=O) groups is 12. The van der Waals surface area contributed by atoms with Crippen LogP contribution in [0, 0.1) is 23.7 Å². The number of hydrogen-bond acceptors (Lipinski definition) is 13. The van der Waals surface area contributed by atoms with Gasteiger partial charge in [-0.25, -0.2) is 0 Å². The lowest BCUT2D eigenvalue weighted by atomic mass is 9.84. The summed E-state index contributed by atoms with van der Waals surface area (Å²) in [7, 11) is 7.21. The second kappa shape index (κ2) is 34.9. The molecule has 4 saturated heterocycles. The van der Waals surface area contributed by atoms with E-state index >= 15 is 28.8 Å². The van der Waals surface area contributed by atoms with Crippen molar-refractivity contribution in [2.75, 3.05) is 81.2 Å². The Balaban J connectivity index is 1.17. The summed E-state index contributed by atoms with van der Waals surface area (Å²) < 4.78 is 47.3. The molecular formula is C72H108ClF3N12O13. The molecule has 10 atom stereocenters. The molecule has 4 aliphatic heterocycles. The number of ether oxygens (including phenoxy) is 1. The fourth-order valence-electron chi connectivity index (χ4n) is 16.1. The van der Waals surface area contributed by atoms with E-state index in [0.29, 0.717) is 44.1 Å². The van der Waals surface area contributed by atoms with Gasteiger partial charge in [0.25, 0.3) is 0 Å². The number of benzene rings is 1. The molecule has 3 saturated carbocycles. The average molecular weight is 1440 g/mol. The maximum absolute atomic E-state index is 15.7. The lowest BCUT2D eigenvalue weighted by Gasteiger charge is -2.44. The second-order valence-corrected chi connectivity index (χ2v) is 30.3. The smallest absolute Gasteiger partial charge is 0.378 e. The molecule has 562 valence electrons. The van der Waals surface area contributed by atoms with Crippen molar-refractivity contribution in [1.29, 1.82) is 0 Å². The topological polar surface area (TPSA) is 288 Å². The van der Waals surface area contributed by atoms with Crippen LogP contribution in [0.4, 0.5) is 13.2 Å². The maximum atomic E-state index is 15.7. The zero-order chi connectivity index (χ0) is 73.9. The summed E-state index contributed by atoms with van der Waals surface area (Å²) >= 11 is 6.17. The summed E-state index contributed by atoms with van der Waals surface area (Å²) in [6.07, 6.45) is 4.05. The number of likely N-dealkylation sites (N-methyl/N-ethyl adjacent to an activating group) is 5. The molecule has 1 spiro atoms. The van der Waals surface area contributed by atoms with Crippen molar-refractivity contribution in [2.24, 2.45) is 23.7 Å². The predicted octanol–water partition coefficient (Wildman–Crippen LogP) is 5.07. The molecule has 0 bridgehead atoms. The molecule has 0 radical (unpaired) electrons. The van der Waals surface area contributed by atoms with Gasteiger partial charge in [0.15, 0.2) is 0 Å². The summed E-state index contributed by atoms with van der Waals surface area (Å²) in [5, 5.41) is 10.9. The van der Waals surface area contributed by atoms with E-state index in [2.05, 4.69) is 21.3 Å². The number of aryl methyl sites for hydroxylation is 1. The van der Waals surface area contributed by atoms with E-state index < -0.39 is 172 Å². The Morgan fingerprint density at radius 3 is 1.91 bits per heavy atom. The molecule has 4 N–H and O–H groups in total. The standard InChI is InChI=1S/C72H108ClF3N12O13/c1-11-44(4)59-63(93)77-45(5)64(94)88-33-29-53(88)67(97)83(8)55(40-46-20-13-12-14-21-46)66(96)81(6)42-57(89)78-51(28-26-47-25-27-49(50(73)39-47)72(74,75)76)65(95)87-32-19-24-52(87)62(92)80-71(30-17-18-31-71)70(100)85(10)60(48-22-15-16-23-48)69(99)84(9)56(68(98)86-34-36-101-37-35-86)41-58(90)82(7)54(38-43(2)3)61(91)79-59/h25,27,39,43-46,48,51-56,59-60H,11-24,26,28-38,40-42H2,1-10H3,(H,77,93)(H,78,89)(H,79,91)(H,80,92)/t44-,45-,51-,52-,53-,54-,55-,56-,59-,60-/m0/s1. The lowest BCUT2D eigenvalue weighted by molar-refractivity contribution is -0.158. The van der Waals surface area contributed by atoms with E-state index in [1.807, 2.05) is 20.8 Å². The number of carbonyl (C=O) groups excluding carboxylic acids is 12. The van der Waals surface area contributed by atoms with Crippen LogP contribution in [-0.4, -0.2) is 251 Å².